The Balaban J connectivity index is 0.00000364. The van der Waals surface area contributed by atoms with Gasteiger partial charge in [-0.05, 0) is 30.2 Å². The summed E-state index contributed by atoms with van der Waals surface area (Å²) in [7, 11) is 0.996. The zero-order chi connectivity index (χ0) is 18.8. The SMILES string of the molecule is CCNC(=NCCS(=O)Cc1ccccc1)N(C)Cc1ccc(F)cc1.I. The largest absolute Gasteiger partial charge is 0.357 e. The molecule has 1 atom stereocenters. The highest BCUT2D eigenvalue weighted by atomic mass is 127. The summed E-state index contributed by atoms with van der Waals surface area (Å²) in [5.41, 5.74) is 2.09. The Labute approximate surface area is 180 Å². The van der Waals surface area contributed by atoms with Gasteiger partial charge in [0.25, 0.3) is 0 Å². The summed E-state index contributed by atoms with van der Waals surface area (Å²) in [6.45, 7) is 3.88. The molecule has 2 aromatic rings. The number of hydrogen-bond acceptors (Lipinski definition) is 2. The summed E-state index contributed by atoms with van der Waals surface area (Å²) in [6, 6.07) is 16.3. The third kappa shape index (κ3) is 8.83. The van der Waals surface area contributed by atoms with Crippen LogP contribution in [0.5, 0.6) is 0 Å². The van der Waals surface area contributed by atoms with Gasteiger partial charge in [0.2, 0.25) is 0 Å². The maximum atomic E-state index is 13.0. The molecule has 0 fully saturated rings. The van der Waals surface area contributed by atoms with Gasteiger partial charge in [-0.25, -0.2) is 4.39 Å². The second-order valence-corrected chi connectivity index (χ2v) is 7.57. The zero-order valence-corrected chi connectivity index (χ0v) is 18.9. The summed E-state index contributed by atoms with van der Waals surface area (Å²) in [5, 5.41) is 3.24. The van der Waals surface area contributed by atoms with Gasteiger partial charge in [0.1, 0.15) is 5.82 Å². The van der Waals surface area contributed by atoms with Crippen molar-refractivity contribution in [1.82, 2.24) is 10.2 Å². The van der Waals surface area contributed by atoms with Crippen LogP contribution in [-0.4, -0.2) is 41.0 Å². The van der Waals surface area contributed by atoms with Crippen LogP contribution in [0.1, 0.15) is 18.1 Å². The lowest BCUT2D eigenvalue weighted by Gasteiger charge is -2.22. The Kier molecular flexibility index (Phi) is 11.2. The van der Waals surface area contributed by atoms with Gasteiger partial charge in [0, 0.05) is 42.4 Å². The fourth-order valence-electron chi connectivity index (χ4n) is 2.49. The molecular formula is C20H27FIN3OS. The fourth-order valence-corrected chi connectivity index (χ4v) is 3.50. The van der Waals surface area contributed by atoms with Gasteiger partial charge in [0.15, 0.2) is 5.96 Å². The second kappa shape index (κ2) is 12.8. The van der Waals surface area contributed by atoms with Crippen LogP contribution in [-0.2, 0) is 23.1 Å². The highest BCUT2D eigenvalue weighted by Gasteiger charge is 2.07. The highest BCUT2D eigenvalue weighted by Crippen LogP contribution is 2.06. The van der Waals surface area contributed by atoms with Gasteiger partial charge in [-0.2, -0.15) is 0 Å². The lowest BCUT2D eigenvalue weighted by Crippen LogP contribution is -2.38. The van der Waals surface area contributed by atoms with Crippen LogP contribution < -0.4 is 5.32 Å². The van der Waals surface area contributed by atoms with Crippen molar-refractivity contribution in [2.24, 2.45) is 4.99 Å². The normalized spacial score (nSPS) is 12.2. The van der Waals surface area contributed by atoms with Crippen LogP contribution in [0.15, 0.2) is 59.6 Å². The van der Waals surface area contributed by atoms with Crippen molar-refractivity contribution in [2.45, 2.75) is 19.2 Å². The quantitative estimate of drug-likeness (QED) is 0.339. The van der Waals surface area contributed by atoms with Crippen molar-refractivity contribution in [2.75, 3.05) is 25.9 Å². The maximum Gasteiger partial charge on any atom is 0.193 e. The van der Waals surface area contributed by atoms with Crippen molar-refractivity contribution in [3.8, 4) is 0 Å². The minimum absolute atomic E-state index is 0. The van der Waals surface area contributed by atoms with E-state index in [1.807, 2.05) is 49.2 Å². The minimum atomic E-state index is -0.940. The molecule has 0 saturated heterocycles. The molecule has 2 rings (SSSR count). The van der Waals surface area contributed by atoms with Gasteiger partial charge in [0.05, 0.1) is 6.54 Å². The van der Waals surface area contributed by atoms with E-state index in [2.05, 4.69) is 10.3 Å². The molecule has 0 radical (unpaired) electrons. The van der Waals surface area contributed by atoms with Crippen LogP contribution in [0.2, 0.25) is 0 Å². The third-order valence-corrected chi connectivity index (χ3v) is 5.07. The number of hydrogen-bond donors (Lipinski definition) is 1. The van der Waals surface area contributed by atoms with Crippen molar-refractivity contribution >= 4 is 40.7 Å². The molecule has 27 heavy (non-hydrogen) atoms. The van der Waals surface area contributed by atoms with Crippen LogP contribution in [0, 0.1) is 5.82 Å². The summed E-state index contributed by atoms with van der Waals surface area (Å²) in [6.07, 6.45) is 0. The van der Waals surface area contributed by atoms with E-state index in [0.29, 0.717) is 24.6 Å². The number of benzene rings is 2. The molecule has 7 heteroatoms. The van der Waals surface area contributed by atoms with Crippen molar-refractivity contribution in [1.29, 1.82) is 0 Å². The lowest BCUT2D eigenvalue weighted by atomic mass is 10.2. The van der Waals surface area contributed by atoms with Crippen molar-refractivity contribution in [3.63, 3.8) is 0 Å². The van der Waals surface area contributed by atoms with E-state index in [-0.39, 0.29) is 29.8 Å². The number of nitrogens with one attached hydrogen (secondary N) is 1. The summed E-state index contributed by atoms with van der Waals surface area (Å²) in [4.78, 5) is 6.56. The van der Waals surface area contributed by atoms with E-state index in [4.69, 9.17) is 0 Å². The van der Waals surface area contributed by atoms with Crippen LogP contribution in [0.3, 0.4) is 0 Å². The van der Waals surface area contributed by atoms with E-state index < -0.39 is 10.8 Å². The first kappa shape index (κ1) is 23.6. The molecule has 0 heterocycles. The Morgan fingerprint density at radius 3 is 2.41 bits per heavy atom. The number of halogens is 2. The molecule has 1 unspecified atom stereocenters. The Morgan fingerprint density at radius 2 is 1.78 bits per heavy atom. The van der Waals surface area contributed by atoms with Gasteiger partial charge >= 0.3 is 0 Å². The average molecular weight is 503 g/mol. The molecule has 0 aliphatic carbocycles. The topological polar surface area (TPSA) is 44.7 Å². The molecule has 148 valence electrons. The fraction of sp³-hybridized carbons (Fsp3) is 0.350. The third-order valence-electron chi connectivity index (χ3n) is 3.78. The Bertz CT molecular complexity index is 726. The summed E-state index contributed by atoms with van der Waals surface area (Å²) < 4.78 is 25.2. The second-order valence-electron chi connectivity index (χ2n) is 5.99. The molecule has 0 bridgehead atoms. The highest BCUT2D eigenvalue weighted by molar-refractivity contribution is 14.0. The lowest BCUT2D eigenvalue weighted by molar-refractivity contribution is 0.477. The van der Waals surface area contributed by atoms with E-state index >= 15 is 0 Å². The average Bonchev–Trinajstić information content (AvgIpc) is 2.63. The number of guanidine groups is 1. The molecule has 0 aromatic heterocycles. The van der Waals surface area contributed by atoms with Gasteiger partial charge in [-0.3, -0.25) is 9.20 Å². The molecule has 0 aliphatic rings. The summed E-state index contributed by atoms with van der Waals surface area (Å²) >= 11 is 0. The Morgan fingerprint density at radius 1 is 1.11 bits per heavy atom. The van der Waals surface area contributed by atoms with E-state index in [1.54, 1.807) is 12.1 Å². The van der Waals surface area contributed by atoms with Gasteiger partial charge in [-0.1, -0.05) is 42.5 Å². The molecule has 2 aromatic carbocycles. The number of rotatable bonds is 8. The predicted molar refractivity (Wildman–Crippen MR) is 122 cm³/mol. The van der Waals surface area contributed by atoms with E-state index in [0.717, 1.165) is 23.6 Å². The summed E-state index contributed by atoms with van der Waals surface area (Å²) in [5.74, 6) is 1.60. The first-order chi connectivity index (χ1) is 12.6. The molecule has 1 N–H and O–H groups in total. The Hall–Kier alpha value is -1.48. The molecule has 0 spiro atoms. The van der Waals surface area contributed by atoms with Crippen molar-refractivity contribution in [3.05, 3.63) is 71.5 Å². The first-order valence-electron chi connectivity index (χ1n) is 8.71. The molecule has 4 nitrogen and oxygen atoms in total. The zero-order valence-electron chi connectivity index (χ0n) is 15.7. The van der Waals surface area contributed by atoms with E-state index in [1.165, 1.54) is 12.1 Å². The molecular weight excluding hydrogens is 476 g/mol. The molecule has 0 aliphatic heterocycles. The van der Waals surface area contributed by atoms with Gasteiger partial charge < -0.3 is 10.2 Å². The minimum Gasteiger partial charge on any atom is -0.357 e. The number of nitrogens with zero attached hydrogens (tertiary/aromatic N) is 2. The van der Waals surface area contributed by atoms with Crippen molar-refractivity contribution < 1.29 is 8.60 Å². The van der Waals surface area contributed by atoms with Gasteiger partial charge in [-0.15, -0.1) is 24.0 Å². The smallest absolute Gasteiger partial charge is 0.193 e. The van der Waals surface area contributed by atoms with Crippen LogP contribution in [0.25, 0.3) is 0 Å². The first-order valence-corrected chi connectivity index (χ1v) is 10.2. The number of aliphatic imine (C=N–C) groups is 1. The predicted octanol–water partition coefficient (Wildman–Crippen LogP) is 3.79. The van der Waals surface area contributed by atoms with Crippen LogP contribution >= 0.6 is 24.0 Å². The van der Waals surface area contributed by atoms with Crippen LogP contribution in [0.4, 0.5) is 4.39 Å². The monoisotopic (exact) mass is 503 g/mol. The maximum absolute atomic E-state index is 13.0. The van der Waals surface area contributed by atoms with E-state index in [9.17, 15) is 8.60 Å². The molecule has 0 saturated carbocycles. The standard InChI is InChI=1S/C20H26FN3OS.HI/c1-3-22-20(24(2)15-17-9-11-19(21)12-10-17)23-13-14-26(25)16-18-7-5-4-6-8-18;/h4-12H,3,13-16H2,1-2H3,(H,22,23);1H. The molecule has 0 amide bonds.